The lowest BCUT2D eigenvalue weighted by atomic mass is 9.62. The van der Waals surface area contributed by atoms with Crippen LogP contribution in [-0.4, -0.2) is 0 Å². The van der Waals surface area contributed by atoms with Crippen LogP contribution in [0.1, 0.15) is 56.2 Å². The van der Waals surface area contributed by atoms with Gasteiger partial charge in [-0.1, -0.05) is 81.3 Å². The van der Waals surface area contributed by atoms with Crippen molar-refractivity contribution in [1.82, 2.24) is 0 Å². The third-order valence-corrected chi connectivity index (χ3v) is 5.24. The Hall–Kier alpha value is -1.56. The molecular weight excluding hydrogens is 252 g/mol. The summed E-state index contributed by atoms with van der Waals surface area (Å²) in [7, 11) is 0. The standard InChI is InChI=1S/C21H26/c1-3-18-11-13-20(14-12-18)21(15-7-8-17(2)16-21)19-9-5-4-6-10-19/h4-6,9-14,17H,3,7-8,15-16H2,1-2H3. The van der Waals surface area contributed by atoms with Crippen molar-refractivity contribution in [3.63, 3.8) is 0 Å². The Morgan fingerprint density at radius 3 is 2.24 bits per heavy atom. The van der Waals surface area contributed by atoms with Crippen LogP contribution in [0.4, 0.5) is 0 Å². The summed E-state index contributed by atoms with van der Waals surface area (Å²) in [6.45, 7) is 4.64. The fourth-order valence-electron chi connectivity index (χ4n) is 4.06. The maximum Gasteiger partial charge on any atom is 0.0205 e. The Morgan fingerprint density at radius 1 is 0.952 bits per heavy atom. The van der Waals surface area contributed by atoms with E-state index in [0.717, 1.165) is 12.3 Å². The van der Waals surface area contributed by atoms with Crippen molar-refractivity contribution < 1.29 is 0 Å². The van der Waals surface area contributed by atoms with Crippen LogP contribution in [-0.2, 0) is 11.8 Å². The first kappa shape index (κ1) is 14.4. The molecule has 0 heteroatoms. The van der Waals surface area contributed by atoms with Crippen LogP contribution in [0.3, 0.4) is 0 Å². The Morgan fingerprint density at radius 2 is 1.62 bits per heavy atom. The van der Waals surface area contributed by atoms with Crippen molar-refractivity contribution in [3.05, 3.63) is 71.3 Å². The third-order valence-electron chi connectivity index (χ3n) is 5.24. The van der Waals surface area contributed by atoms with Crippen LogP contribution >= 0.6 is 0 Å². The van der Waals surface area contributed by atoms with Gasteiger partial charge in [0.05, 0.1) is 0 Å². The van der Waals surface area contributed by atoms with Gasteiger partial charge in [-0.3, -0.25) is 0 Å². The predicted molar refractivity (Wildman–Crippen MR) is 90.7 cm³/mol. The second-order valence-electron chi connectivity index (χ2n) is 6.70. The third kappa shape index (κ3) is 2.77. The van der Waals surface area contributed by atoms with Crippen molar-refractivity contribution in [2.24, 2.45) is 5.92 Å². The molecule has 2 aromatic carbocycles. The Kier molecular flexibility index (Phi) is 4.14. The van der Waals surface area contributed by atoms with Crippen LogP contribution in [0.5, 0.6) is 0 Å². The summed E-state index contributed by atoms with van der Waals surface area (Å²) in [6.07, 6.45) is 6.40. The van der Waals surface area contributed by atoms with Gasteiger partial charge in [-0.2, -0.15) is 0 Å². The smallest absolute Gasteiger partial charge is 0.0205 e. The zero-order chi connectivity index (χ0) is 14.7. The van der Waals surface area contributed by atoms with Crippen LogP contribution in [0.2, 0.25) is 0 Å². The normalized spacial score (nSPS) is 25.7. The molecule has 1 aliphatic rings. The highest BCUT2D eigenvalue weighted by Crippen LogP contribution is 2.46. The summed E-state index contributed by atoms with van der Waals surface area (Å²) < 4.78 is 0. The van der Waals surface area contributed by atoms with E-state index >= 15 is 0 Å². The average Bonchev–Trinajstić information content (AvgIpc) is 2.55. The maximum absolute atomic E-state index is 2.41. The molecule has 0 radical (unpaired) electrons. The molecule has 0 nitrogen and oxygen atoms in total. The van der Waals surface area contributed by atoms with Crippen LogP contribution in [0.25, 0.3) is 0 Å². The van der Waals surface area contributed by atoms with Crippen molar-refractivity contribution in [3.8, 4) is 0 Å². The lowest BCUT2D eigenvalue weighted by Gasteiger charge is -2.41. The van der Waals surface area contributed by atoms with Gasteiger partial charge in [-0.15, -0.1) is 0 Å². The molecule has 0 amide bonds. The van der Waals surface area contributed by atoms with E-state index in [1.807, 2.05) is 0 Å². The first-order chi connectivity index (χ1) is 10.2. The maximum atomic E-state index is 2.41. The van der Waals surface area contributed by atoms with Crippen molar-refractivity contribution in [1.29, 1.82) is 0 Å². The molecule has 0 saturated heterocycles. The van der Waals surface area contributed by atoms with E-state index in [1.165, 1.54) is 42.4 Å². The van der Waals surface area contributed by atoms with Crippen LogP contribution in [0, 0.1) is 5.92 Å². The molecule has 0 bridgehead atoms. The average molecular weight is 278 g/mol. The Balaban J connectivity index is 2.07. The number of hydrogen-bond acceptors (Lipinski definition) is 0. The molecule has 110 valence electrons. The number of aryl methyl sites for hydroxylation is 1. The highest BCUT2D eigenvalue weighted by Gasteiger charge is 2.37. The predicted octanol–water partition coefficient (Wildman–Crippen LogP) is 5.75. The molecule has 0 N–H and O–H groups in total. The van der Waals surface area contributed by atoms with Gasteiger partial charge in [0.1, 0.15) is 0 Å². The molecule has 2 unspecified atom stereocenters. The fraction of sp³-hybridized carbons (Fsp3) is 0.429. The minimum atomic E-state index is 0.227. The van der Waals surface area contributed by atoms with Gasteiger partial charge in [-0.05, 0) is 41.9 Å². The number of hydrogen-bond donors (Lipinski definition) is 0. The molecule has 0 aliphatic heterocycles. The summed E-state index contributed by atoms with van der Waals surface area (Å²) in [5.74, 6) is 0.810. The second-order valence-corrected chi connectivity index (χ2v) is 6.70. The zero-order valence-corrected chi connectivity index (χ0v) is 13.3. The summed E-state index contributed by atoms with van der Waals surface area (Å²) in [5, 5.41) is 0. The molecule has 3 rings (SSSR count). The van der Waals surface area contributed by atoms with E-state index in [1.54, 1.807) is 0 Å². The molecule has 0 heterocycles. The summed E-state index contributed by atoms with van der Waals surface area (Å²) in [6, 6.07) is 20.6. The summed E-state index contributed by atoms with van der Waals surface area (Å²) in [5.41, 5.74) is 4.68. The van der Waals surface area contributed by atoms with Gasteiger partial charge in [0.2, 0.25) is 0 Å². The molecule has 0 aromatic heterocycles. The zero-order valence-electron chi connectivity index (χ0n) is 13.3. The molecule has 2 aromatic rings. The molecule has 1 fully saturated rings. The molecule has 1 aliphatic carbocycles. The lowest BCUT2D eigenvalue weighted by molar-refractivity contribution is 0.272. The Bertz CT molecular complexity index is 567. The van der Waals surface area contributed by atoms with Gasteiger partial charge in [-0.25, -0.2) is 0 Å². The largest absolute Gasteiger partial charge is 0.0625 e. The fourth-order valence-corrected chi connectivity index (χ4v) is 4.06. The minimum Gasteiger partial charge on any atom is -0.0625 e. The van der Waals surface area contributed by atoms with E-state index in [2.05, 4.69) is 68.4 Å². The monoisotopic (exact) mass is 278 g/mol. The van der Waals surface area contributed by atoms with Gasteiger partial charge in [0.15, 0.2) is 0 Å². The highest BCUT2D eigenvalue weighted by molar-refractivity contribution is 5.41. The minimum absolute atomic E-state index is 0.227. The van der Waals surface area contributed by atoms with Crippen molar-refractivity contribution in [2.45, 2.75) is 51.4 Å². The molecule has 21 heavy (non-hydrogen) atoms. The first-order valence-electron chi connectivity index (χ1n) is 8.39. The van der Waals surface area contributed by atoms with Gasteiger partial charge >= 0.3 is 0 Å². The van der Waals surface area contributed by atoms with E-state index in [4.69, 9.17) is 0 Å². The quantitative estimate of drug-likeness (QED) is 0.671. The number of rotatable bonds is 3. The molecule has 2 atom stereocenters. The lowest BCUT2D eigenvalue weighted by Crippen LogP contribution is -2.33. The first-order valence-corrected chi connectivity index (χ1v) is 8.39. The highest BCUT2D eigenvalue weighted by atomic mass is 14.4. The van der Waals surface area contributed by atoms with Gasteiger partial charge in [0.25, 0.3) is 0 Å². The van der Waals surface area contributed by atoms with E-state index in [-0.39, 0.29) is 5.41 Å². The molecular formula is C21H26. The summed E-state index contributed by atoms with van der Waals surface area (Å²) in [4.78, 5) is 0. The van der Waals surface area contributed by atoms with Crippen molar-refractivity contribution >= 4 is 0 Å². The van der Waals surface area contributed by atoms with Crippen LogP contribution in [0.15, 0.2) is 54.6 Å². The SMILES string of the molecule is CCc1ccc(C2(c3ccccc3)CCCC(C)C2)cc1. The van der Waals surface area contributed by atoms with Gasteiger partial charge in [0, 0.05) is 5.41 Å². The van der Waals surface area contributed by atoms with Crippen LogP contribution < -0.4 is 0 Å². The molecule has 1 saturated carbocycles. The summed E-state index contributed by atoms with van der Waals surface area (Å²) >= 11 is 0. The van der Waals surface area contributed by atoms with E-state index in [0.29, 0.717) is 0 Å². The second kappa shape index (κ2) is 6.05. The Labute approximate surface area is 129 Å². The topological polar surface area (TPSA) is 0 Å². The van der Waals surface area contributed by atoms with Crippen molar-refractivity contribution in [2.75, 3.05) is 0 Å². The van der Waals surface area contributed by atoms with Gasteiger partial charge < -0.3 is 0 Å². The molecule has 0 spiro atoms. The van der Waals surface area contributed by atoms with E-state index < -0.39 is 0 Å². The number of benzene rings is 2. The van der Waals surface area contributed by atoms with E-state index in [9.17, 15) is 0 Å².